The highest BCUT2D eigenvalue weighted by molar-refractivity contribution is 5.85. The topological polar surface area (TPSA) is 35.6 Å². The molecule has 4 nitrogen and oxygen atoms in total. The second kappa shape index (κ2) is 8.22. The van der Waals surface area contributed by atoms with E-state index in [9.17, 15) is 4.79 Å². The molecule has 0 aliphatic carbocycles. The van der Waals surface area contributed by atoms with Gasteiger partial charge >= 0.3 is 0 Å². The molecule has 2 rings (SSSR count). The Kier molecular flexibility index (Phi) is 6.50. The second-order valence-electron chi connectivity index (χ2n) is 7.74. The summed E-state index contributed by atoms with van der Waals surface area (Å²) in [6, 6.07) is 6.79. The summed E-state index contributed by atoms with van der Waals surface area (Å²) in [5.41, 5.74) is 3.57. The molecule has 1 saturated heterocycles. The molecule has 1 aliphatic heterocycles. The van der Waals surface area contributed by atoms with Crippen LogP contribution in [0.5, 0.6) is 0 Å². The molecule has 1 aliphatic rings. The molecule has 0 aromatic heterocycles. The number of rotatable bonds is 6. The van der Waals surface area contributed by atoms with Crippen LogP contribution >= 0.6 is 0 Å². The summed E-state index contributed by atoms with van der Waals surface area (Å²) >= 11 is 0. The SMILES string of the molecule is CCC(CC)NC(=O)C(C)(C)N1CCN(c2cccc(C)c2C)CC1. The van der Waals surface area contributed by atoms with E-state index in [1.807, 2.05) is 0 Å². The Morgan fingerprint density at radius 1 is 1.12 bits per heavy atom. The van der Waals surface area contributed by atoms with Gasteiger partial charge in [-0.2, -0.15) is 0 Å². The third-order valence-electron chi connectivity index (χ3n) is 5.86. The van der Waals surface area contributed by atoms with E-state index < -0.39 is 5.54 Å². The summed E-state index contributed by atoms with van der Waals surface area (Å²) in [7, 11) is 0. The van der Waals surface area contributed by atoms with Gasteiger partial charge < -0.3 is 10.2 Å². The number of nitrogens with one attached hydrogen (secondary N) is 1. The normalized spacial score (nSPS) is 16.4. The van der Waals surface area contributed by atoms with Crippen molar-refractivity contribution in [3.05, 3.63) is 29.3 Å². The van der Waals surface area contributed by atoms with Gasteiger partial charge in [0.25, 0.3) is 0 Å². The lowest BCUT2D eigenvalue weighted by Gasteiger charge is -2.44. The van der Waals surface area contributed by atoms with Crippen LogP contribution < -0.4 is 10.2 Å². The van der Waals surface area contributed by atoms with E-state index in [4.69, 9.17) is 0 Å². The molecule has 0 radical (unpaired) electrons. The fourth-order valence-corrected chi connectivity index (χ4v) is 3.58. The quantitative estimate of drug-likeness (QED) is 0.857. The maximum Gasteiger partial charge on any atom is 0.240 e. The number of carbonyl (C=O) groups excluding carboxylic acids is 1. The molecule has 0 atom stereocenters. The molecule has 1 aromatic carbocycles. The standard InChI is InChI=1S/C21H35N3O/c1-7-18(8-2)22-20(25)21(5,6)24-14-12-23(13-15-24)19-11-9-10-16(3)17(19)4/h9-11,18H,7-8,12-15H2,1-6H3,(H,22,25). The molecule has 1 aromatic rings. The zero-order valence-corrected chi connectivity index (χ0v) is 16.9. The fraction of sp³-hybridized carbons (Fsp3) is 0.667. The Morgan fingerprint density at radius 2 is 1.72 bits per heavy atom. The van der Waals surface area contributed by atoms with Crippen LogP contribution in [-0.2, 0) is 4.79 Å². The van der Waals surface area contributed by atoms with Gasteiger partial charge in [0, 0.05) is 37.9 Å². The highest BCUT2D eigenvalue weighted by atomic mass is 16.2. The Labute approximate surface area is 153 Å². The van der Waals surface area contributed by atoms with Crippen molar-refractivity contribution in [2.45, 2.75) is 66.0 Å². The molecular formula is C21H35N3O. The van der Waals surface area contributed by atoms with Crippen molar-refractivity contribution >= 4 is 11.6 Å². The molecule has 1 fully saturated rings. The van der Waals surface area contributed by atoms with E-state index in [2.05, 4.69) is 74.9 Å². The van der Waals surface area contributed by atoms with Gasteiger partial charge in [-0.3, -0.25) is 9.69 Å². The Balaban J connectivity index is 2.00. The smallest absolute Gasteiger partial charge is 0.240 e. The van der Waals surface area contributed by atoms with E-state index in [1.54, 1.807) is 0 Å². The van der Waals surface area contributed by atoms with Crippen LogP contribution in [0.4, 0.5) is 5.69 Å². The average molecular weight is 346 g/mol. The molecule has 0 bridgehead atoms. The van der Waals surface area contributed by atoms with Crippen LogP contribution in [-0.4, -0.2) is 48.6 Å². The largest absolute Gasteiger partial charge is 0.369 e. The number of anilines is 1. The number of aryl methyl sites for hydroxylation is 1. The Hall–Kier alpha value is -1.55. The molecular weight excluding hydrogens is 310 g/mol. The van der Waals surface area contributed by atoms with Gasteiger partial charge in [0.2, 0.25) is 5.91 Å². The lowest BCUT2D eigenvalue weighted by Crippen LogP contribution is -2.61. The van der Waals surface area contributed by atoms with E-state index in [0.717, 1.165) is 39.0 Å². The van der Waals surface area contributed by atoms with Gasteiger partial charge in [-0.25, -0.2) is 0 Å². The summed E-state index contributed by atoms with van der Waals surface area (Å²) in [5, 5.41) is 3.22. The molecule has 0 spiro atoms. The van der Waals surface area contributed by atoms with Crippen molar-refractivity contribution in [3.8, 4) is 0 Å². The lowest BCUT2D eigenvalue weighted by molar-refractivity contribution is -0.132. The predicted octanol–water partition coefficient (Wildman–Crippen LogP) is 3.51. The molecule has 1 N–H and O–H groups in total. The van der Waals surface area contributed by atoms with Gasteiger partial charge in [-0.15, -0.1) is 0 Å². The van der Waals surface area contributed by atoms with Gasteiger partial charge in [-0.1, -0.05) is 26.0 Å². The molecule has 0 unspecified atom stereocenters. The third-order valence-corrected chi connectivity index (χ3v) is 5.86. The first kappa shape index (κ1) is 19.8. The first-order valence-electron chi connectivity index (χ1n) is 9.68. The van der Waals surface area contributed by atoms with Crippen LogP contribution in [0.15, 0.2) is 18.2 Å². The first-order valence-corrected chi connectivity index (χ1v) is 9.68. The van der Waals surface area contributed by atoms with Crippen LogP contribution in [0.2, 0.25) is 0 Å². The molecule has 25 heavy (non-hydrogen) atoms. The minimum atomic E-state index is -0.462. The van der Waals surface area contributed by atoms with E-state index >= 15 is 0 Å². The number of amides is 1. The lowest BCUT2D eigenvalue weighted by atomic mass is 9.98. The summed E-state index contributed by atoms with van der Waals surface area (Å²) in [5.74, 6) is 0.154. The van der Waals surface area contributed by atoms with E-state index in [0.29, 0.717) is 0 Å². The highest BCUT2D eigenvalue weighted by Crippen LogP contribution is 2.26. The van der Waals surface area contributed by atoms with Gasteiger partial charge in [0.15, 0.2) is 0 Å². The summed E-state index contributed by atoms with van der Waals surface area (Å²) in [6.45, 7) is 16.5. The van der Waals surface area contributed by atoms with Crippen molar-refractivity contribution in [2.24, 2.45) is 0 Å². The van der Waals surface area contributed by atoms with Crippen LogP contribution in [0.3, 0.4) is 0 Å². The Bertz CT molecular complexity index is 585. The van der Waals surface area contributed by atoms with E-state index in [-0.39, 0.29) is 11.9 Å². The minimum absolute atomic E-state index is 0.154. The zero-order valence-electron chi connectivity index (χ0n) is 16.9. The first-order chi connectivity index (χ1) is 11.8. The van der Waals surface area contributed by atoms with Crippen molar-refractivity contribution in [3.63, 3.8) is 0 Å². The van der Waals surface area contributed by atoms with Gasteiger partial charge in [-0.05, 0) is 57.7 Å². The van der Waals surface area contributed by atoms with E-state index in [1.165, 1.54) is 16.8 Å². The number of nitrogens with zero attached hydrogens (tertiary/aromatic N) is 2. The van der Waals surface area contributed by atoms with Gasteiger partial charge in [0.05, 0.1) is 5.54 Å². The van der Waals surface area contributed by atoms with Crippen LogP contribution in [0.1, 0.15) is 51.7 Å². The number of benzene rings is 1. The predicted molar refractivity (Wildman–Crippen MR) is 106 cm³/mol. The number of carbonyl (C=O) groups is 1. The van der Waals surface area contributed by atoms with Crippen LogP contribution in [0, 0.1) is 13.8 Å². The van der Waals surface area contributed by atoms with Crippen LogP contribution in [0.25, 0.3) is 0 Å². The second-order valence-corrected chi connectivity index (χ2v) is 7.74. The summed E-state index contributed by atoms with van der Waals surface area (Å²) in [4.78, 5) is 17.6. The zero-order chi connectivity index (χ0) is 18.6. The Morgan fingerprint density at radius 3 is 2.28 bits per heavy atom. The number of hydrogen-bond acceptors (Lipinski definition) is 3. The fourth-order valence-electron chi connectivity index (χ4n) is 3.58. The highest BCUT2D eigenvalue weighted by Gasteiger charge is 2.37. The third kappa shape index (κ3) is 4.35. The number of piperazine rings is 1. The summed E-state index contributed by atoms with van der Waals surface area (Å²) in [6.07, 6.45) is 1.97. The maximum absolute atomic E-state index is 12.8. The van der Waals surface area contributed by atoms with Crippen molar-refractivity contribution in [1.82, 2.24) is 10.2 Å². The van der Waals surface area contributed by atoms with Crippen molar-refractivity contribution < 1.29 is 4.79 Å². The molecule has 1 heterocycles. The molecule has 140 valence electrons. The summed E-state index contributed by atoms with van der Waals surface area (Å²) < 4.78 is 0. The van der Waals surface area contributed by atoms with Gasteiger partial charge in [0.1, 0.15) is 0 Å². The average Bonchev–Trinajstić information content (AvgIpc) is 2.61. The number of hydrogen-bond donors (Lipinski definition) is 1. The monoisotopic (exact) mass is 345 g/mol. The van der Waals surface area contributed by atoms with Crippen molar-refractivity contribution in [2.75, 3.05) is 31.1 Å². The van der Waals surface area contributed by atoms with Crippen molar-refractivity contribution in [1.29, 1.82) is 0 Å². The maximum atomic E-state index is 12.8. The molecule has 0 saturated carbocycles. The molecule has 1 amide bonds. The molecule has 4 heteroatoms. The minimum Gasteiger partial charge on any atom is -0.369 e.